The number of sulfonamides is 1. The van der Waals surface area contributed by atoms with Crippen LogP contribution in [0.3, 0.4) is 0 Å². The predicted octanol–water partition coefficient (Wildman–Crippen LogP) is 2.01. The number of halogens is 2. The van der Waals surface area contributed by atoms with Gasteiger partial charge >= 0.3 is 0 Å². The van der Waals surface area contributed by atoms with Gasteiger partial charge in [-0.15, -0.1) is 0 Å². The van der Waals surface area contributed by atoms with E-state index in [1.165, 1.54) is 10.4 Å². The lowest BCUT2D eigenvalue weighted by atomic mass is 9.96. The van der Waals surface area contributed by atoms with Gasteiger partial charge in [0.15, 0.2) is 11.6 Å². The number of rotatable bonds is 4. The Morgan fingerprint density at radius 3 is 2.48 bits per heavy atom. The summed E-state index contributed by atoms with van der Waals surface area (Å²) in [6.45, 7) is 1.64. The number of benzene rings is 1. The lowest BCUT2D eigenvalue weighted by Crippen LogP contribution is -2.49. The molecule has 0 saturated carbocycles. The molecule has 1 atom stereocenters. The van der Waals surface area contributed by atoms with Crippen LogP contribution in [0.1, 0.15) is 25.7 Å². The fourth-order valence-corrected chi connectivity index (χ4v) is 4.56. The molecule has 150 valence electrons. The first-order valence-corrected chi connectivity index (χ1v) is 10.9. The molecule has 1 amide bonds. The number of piperidine rings is 2. The summed E-state index contributed by atoms with van der Waals surface area (Å²) in [5.41, 5.74) is 0. The molecule has 0 aliphatic carbocycles. The smallest absolute Gasteiger partial charge is 0.227 e. The van der Waals surface area contributed by atoms with Crippen LogP contribution in [0, 0.1) is 17.6 Å². The molecular weight excluding hydrogens is 378 g/mol. The lowest BCUT2D eigenvalue weighted by molar-refractivity contribution is -0.138. The van der Waals surface area contributed by atoms with Crippen molar-refractivity contribution in [3.05, 3.63) is 29.8 Å². The first kappa shape index (κ1) is 20.0. The largest absolute Gasteiger partial charge is 0.487 e. The molecule has 0 N–H and O–H groups in total. The maximum Gasteiger partial charge on any atom is 0.227 e. The second kappa shape index (κ2) is 8.10. The van der Waals surface area contributed by atoms with E-state index in [0.29, 0.717) is 45.3 Å². The normalized spacial score (nSPS) is 22.6. The summed E-state index contributed by atoms with van der Waals surface area (Å²) in [6, 6.07) is 3.20. The predicted molar refractivity (Wildman–Crippen MR) is 95.7 cm³/mol. The van der Waals surface area contributed by atoms with E-state index in [-0.39, 0.29) is 30.2 Å². The molecule has 0 bridgehead atoms. The van der Waals surface area contributed by atoms with Gasteiger partial charge in [0.05, 0.1) is 12.2 Å². The average Bonchev–Trinajstić information content (AvgIpc) is 2.63. The van der Waals surface area contributed by atoms with Crippen molar-refractivity contribution >= 4 is 15.9 Å². The first-order valence-electron chi connectivity index (χ1n) is 9.09. The molecule has 2 aliphatic rings. The Balaban J connectivity index is 1.53. The maximum atomic E-state index is 13.7. The molecule has 3 rings (SSSR count). The van der Waals surface area contributed by atoms with Crippen molar-refractivity contribution in [3.8, 4) is 5.75 Å². The van der Waals surface area contributed by atoms with Crippen LogP contribution in [0.5, 0.6) is 5.75 Å². The van der Waals surface area contributed by atoms with Gasteiger partial charge in [0.1, 0.15) is 11.9 Å². The number of hydrogen-bond donors (Lipinski definition) is 0. The van der Waals surface area contributed by atoms with Crippen molar-refractivity contribution in [2.24, 2.45) is 5.92 Å². The van der Waals surface area contributed by atoms with Gasteiger partial charge in [-0.2, -0.15) is 0 Å². The Kier molecular flexibility index (Phi) is 6.00. The van der Waals surface area contributed by atoms with Gasteiger partial charge in [-0.05, 0) is 25.0 Å². The third kappa shape index (κ3) is 4.95. The Bertz CT molecular complexity index is 795. The molecule has 27 heavy (non-hydrogen) atoms. The monoisotopic (exact) mass is 402 g/mol. The van der Waals surface area contributed by atoms with Crippen LogP contribution in [0.15, 0.2) is 18.2 Å². The SMILES string of the molecule is CS(=O)(=O)N1CCCC(C(=O)N2CCC(Oc3ccc(F)cc3F)CC2)C1. The topological polar surface area (TPSA) is 66.9 Å². The minimum absolute atomic E-state index is 0.0113. The van der Waals surface area contributed by atoms with E-state index in [2.05, 4.69) is 0 Å². The van der Waals surface area contributed by atoms with E-state index >= 15 is 0 Å². The van der Waals surface area contributed by atoms with Crippen LogP contribution < -0.4 is 4.74 Å². The van der Waals surface area contributed by atoms with Gasteiger partial charge in [0, 0.05) is 45.1 Å². The highest BCUT2D eigenvalue weighted by atomic mass is 32.2. The van der Waals surface area contributed by atoms with Crippen LogP contribution in [0.2, 0.25) is 0 Å². The van der Waals surface area contributed by atoms with Crippen LogP contribution in [-0.4, -0.2) is 62.1 Å². The minimum atomic E-state index is -3.29. The van der Waals surface area contributed by atoms with E-state index < -0.39 is 21.7 Å². The zero-order valence-corrected chi connectivity index (χ0v) is 16.1. The van der Waals surface area contributed by atoms with Gasteiger partial charge < -0.3 is 9.64 Å². The summed E-state index contributed by atoms with van der Waals surface area (Å²) in [6.07, 6.45) is 3.37. The molecule has 0 spiro atoms. The molecule has 0 aromatic heterocycles. The molecule has 2 saturated heterocycles. The van der Waals surface area contributed by atoms with Crippen molar-refractivity contribution < 1.29 is 26.7 Å². The summed E-state index contributed by atoms with van der Waals surface area (Å²) < 4.78 is 57.1. The molecule has 2 heterocycles. The van der Waals surface area contributed by atoms with Crippen LogP contribution >= 0.6 is 0 Å². The molecule has 2 aliphatic heterocycles. The van der Waals surface area contributed by atoms with Crippen molar-refractivity contribution in [3.63, 3.8) is 0 Å². The third-order valence-corrected chi connectivity index (χ3v) is 6.41. The number of carbonyl (C=O) groups excluding carboxylic acids is 1. The lowest BCUT2D eigenvalue weighted by Gasteiger charge is -2.37. The van der Waals surface area contributed by atoms with Crippen molar-refractivity contribution in [1.82, 2.24) is 9.21 Å². The van der Waals surface area contributed by atoms with E-state index in [9.17, 15) is 22.0 Å². The fourth-order valence-electron chi connectivity index (χ4n) is 3.65. The van der Waals surface area contributed by atoms with E-state index in [0.717, 1.165) is 18.4 Å². The Morgan fingerprint density at radius 2 is 1.85 bits per heavy atom. The molecular formula is C18H24F2N2O4S. The van der Waals surface area contributed by atoms with E-state index in [1.807, 2.05) is 0 Å². The van der Waals surface area contributed by atoms with E-state index in [4.69, 9.17) is 4.74 Å². The minimum Gasteiger partial charge on any atom is -0.487 e. The van der Waals surface area contributed by atoms with Crippen molar-refractivity contribution in [1.29, 1.82) is 0 Å². The van der Waals surface area contributed by atoms with Crippen LogP contribution in [0.25, 0.3) is 0 Å². The summed E-state index contributed by atoms with van der Waals surface area (Å²) >= 11 is 0. The highest BCUT2D eigenvalue weighted by Crippen LogP contribution is 2.25. The highest BCUT2D eigenvalue weighted by molar-refractivity contribution is 7.88. The molecule has 1 unspecified atom stereocenters. The van der Waals surface area contributed by atoms with Gasteiger partial charge in [0.25, 0.3) is 0 Å². The zero-order valence-electron chi connectivity index (χ0n) is 15.2. The van der Waals surface area contributed by atoms with Crippen molar-refractivity contribution in [2.75, 3.05) is 32.4 Å². The quantitative estimate of drug-likeness (QED) is 0.773. The number of hydrogen-bond acceptors (Lipinski definition) is 4. The fraction of sp³-hybridized carbons (Fsp3) is 0.611. The molecule has 0 radical (unpaired) electrons. The number of carbonyl (C=O) groups is 1. The Hall–Kier alpha value is -1.74. The molecule has 9 heteroatoms. The number of likely N-dealkylation sites (tertiary alicyclic amines) is 1. The summed E-state index contributed by atoms with van der Waals surface area (Å²) in [5.74, 6) is -1.74. The Labute approximate surface area is 158 Å². The van der Waals surface area contributed by atoms with Gasteiger partial charge in [-0.3, -0.25) is 4.79 Å². The van der Waals surface area contributed by atoms with Gasteiger partial charge in [-0.1, -0.05) is 0 Å². The average molecular weight is 402 g/mol. The molecule has 1 aromatic rings. The summed E-state index contributed by atoms with van der Waals surface area (Å²) in [7, 11) is -3.29. The molecule has 2 fully saturated rings. The van der Waals surface area contributed by atoms with E-state index in [1.54, 1.807) is 4.90 Å². The van der Waals surface area contributed by atoms with Crippen molar-refractivity contribution in [2.45, 2.75) is 31.8 Å². The van der Waals surface area contributed by atoms with Gasteiger partial charge in [0.2, 0.25) is 15.9 Å². The second-order valence-corrected chi connectivity index (χ2v) is 9.16. The van der Waals surface area contributed by atoms with Crippen LogP contribution in [0.4, 0.5) is 8.78 Å². The third-order valence-electron chi connectivity index (χ3n) is 5.14. The summed E-state index contributed by atoms with van der Waals surface area (Å²) in [4.78, 5) is 14.5. The zero-order chi connectivity index (χ0) is 19.6. The van der Waals surface area contributed by atoms with Gasteiger partial charge in [-0.25, -0.2) is 21.5 Å². The summed E-state index contributed by atoms with van der Waals surface area (Å²) in [5, 5.41) is 0. The molecule has 1 aromatic carbocycles. The number of amides is 1. The standard InChI is InChI=1S/C18H24F2N2O4S/c1-27(24,25)22-8-2-3-13(12-22)18(23)21-9-6-15(7-10-21)26-17-5-4-14(19)11-16(17)20/h4-5,11,13,15H,2-3,6-10,12H2,1H3. The van der Waals surface area contributed by atoms with Crippen LogP contribution in [-0.2, 0) is 14.8 Å². The number of nitrogens with zero attached hydrogens (tertiary/aromatic N) is 2. The molecule has 6 nitrogen and oxygen atoms in total. The first-order chi connectivity index (χ1) is 12.7. The number of ether oxygens (including phenoxy) is 1. The Morgan fingerprint density at radius 1 is 1.15 bits per heavy atom. The highest BCUT2D eigenvalue weighted by Gasteiger charge is 2.34. The second-order valence-electron chi connectivity index (χ2n) is 7.18. The maximum absolute atomic E-state index is 13.7.